The smallest absolute Gasteiger partial charge is 0.269 e. The molecule has 4 heterocycles. The van der Waals surface area contributed by atoms with Gasteiger partial charge in [-0.3, -0.25) is 19.7 Å². The highest BCUT2D eigenvalue weighted by molar-refractivity contribution is 5.98. The van der Waals surface area contributed by atoms with E-state index in [1.54, 1.807) is 21.5 Å². The first-order valence-electron chi connectivity index (χ1n) is 21.2. The molecule has 0 radical (unpaired) electrons. The lowest BCUT2D eigenvalue weighted by molar-refractivity contribution is -0.384. The number of aromatic nitrogens is 4. The minimum Gasteiger partial charge on any atom is -0.457 e. The van der Waals surface area contributed by atoms with E-state index in [-0.39, 0.29) is 30.6 Å². The van der Waals surface area contributed by atoms with Crippen LogP contribution in [-0.2, 0) is 0 Å². The normalized spacial score (nSPS) is 14.6. The number of para-hydroxylation sites is 2. The molecule has 0 bridgehead atoms. The van der Waals surface area contributed by atoms with E-state index in [4.69, 9.17) is 36.6 Å². The van der Waals surface area contributed by atoms with Crippen LogP contribution in [0.4, 0.5) is 11.4 Å². The van der Waals surface area contributed by atoms with Gasteiger partial charge in [0.1, 0.15) is 46.0 Å². The van der Waals surface area contributed by atoms with Crippen LogP contribution in [0.1, 0.15) is 75.9 Å². The van der Waals surface area contributed by atoms with Crippen LogP contribution in [0, 0.1) is 10.1 Å². The zero-order valence-electron chi connectivity index (χ0n) is 35.4. The number of hydrogen-bond acceptors (Lipinski definition) is 11. The summed E-state index contributed by atoms with van der Waals surface area (Å²) in [5.41, 5.74) is 29.7. The zero-order chi connectivity index (χ0) is 45.7. The molecule has 0 fully saturated rings. The van der Waals surface area contributed by atoms with Crippen molar-refractivity contribution in [3.05, 3.63) is 202 Å². The third kappa shape index (κ3) is 9.49. The third-order valence-corrected chi connectivity index (χ3v) is 11.4. The molecular formula is C51H48N10O6. The predicted octanol–water partition coefficient (Wildman–Crippen LogP) is 9.17. The molecule has 67 heavy (non-hydrogen) atoms. The van der Waals surface area contributed by atoms with Crippen LogP contribution in [0.15, 0.2) is 158 Å². The Labute approximate surface area is 386 Å². The van der Waals surface area contributed by atoms with E-state index in [2.05, 4.69) is 10.9 Å². The minimum atomic E-state index is -0.602. The van der Waals surface area contributed by atoms with Crippen molar-refractivity contribution in [3.8, 4) is 45.5 Å². The number of non-ortho nitro benzene ring substituents is 1. The summed E-state index contributed by atoms with van der Waals surface area (Å²) in [5, 5.41) is 11.0. The second-order valence-electron chi connectivity index (χ2n) is 15.6. The van der Waals surface area contributed by atoms with Crippen molar-refractivity contribution in [2.24, 2.45) is 11.5 Å². The highest BCUT2D eigenvalue weighted by Crippen LogP contribution is 2.37. The number of nitro benzene ring substituents is 1. The average molecular weight is 897 g/mol. The van der Waals surface area contributed by atoms with Crippen LogP contribution >= 0.6 is 0 Å². The summed E-state index contributed by atoms with van der Waals surface area (Å²) >= 11 is 0. The largest absolute Gasteiger partial charge is 0.457 e. The lowest BCUT2D eigenvalue weighted by Crippen LogP contribution is -2.32. The maximum Gasteiger partial charge on any atom is 0.269 e. The molecule has 2 atom stereocenters. The maximum atomic E-state index is 12.4. The molecule has 16 heteroatoms. The monoisotopic (exact) mass is 896 g/mol. The van der Waals surface area contributed by atoms with Gasteiger partial charge in [0.25, 0.3) is 17.5 Å². The van der Waals surface area contributed by atoms with Crippen LogP contribution in [0.25, 0.3) is 22.5 Å². The van der Waals surface area contributed by atoms with Crippen molar-refractivity contribution in [1.29, 1.82) is 0 Å². The summed E-state index contributed by atoms with van der Waals surface area (Å²) in [6.45, 7) is 1.29. The number of amides is 2. The molecule has 8 aromatic rings. The average Bonchev–Trinajstić information content (AvgIpc) is 3.94. The number of carbonyl (C=O) groups excluding carboxylic acids is 2. The summed E-state index contributed by atoms with van der Waals surface area (Å²) in [6, 6.07) is 48.0. The van der Waals surface area contributed by atoms with Gasteiger partial charge in [0.15, 0.2) is 11.4 Å². The Balaban J connectivity index is 0.000000179. The number of ether oxygens (including phenoxy) is 2. The Morgan fingerprint density at radius 3 is 1.31 bits per heavy atom. The molecule has 0 aliphatic carbocycles. The maximum absolute atomic E-state index is 12.4. The second kappa shape index (κ2) is 19.4. The number of benzene rings is 6. The molecular weight excluding hydrogens is 849 g/mol. The van der Waals surface area contributed by atoms with Crippen LogP contribution < -0.4 is 37.5 Å². The number of nitrogens with zero attached hydrogens (tertiary/aromatic N) is 5. The summed E-state index contributed by atoms with van der Waals surface area (Å²) in [4.78, 5) is 45.1. The molecule has 2 aliphatic heterocycles. The molecule has 8 N–H and O–H groups in total. The fourth-order valence-corrected chi connectivity index (χ4v) is 8.22. The van der Waals surface area contributed by atoms with Gasteiger partial charge in [0, 0.05) is 53.9 Å². The molecule has 0 spiro atoms. The Kier molecular flexibility index (Phi) is 13.0. The van der Waals surface area contributed by atoms with E-state index < -0.39 is 16.7 Å². The number of nitro groups is 1. The van der Waals surface area contributed by atoms with Crippen molar-refractivity contribution in [1.82, 2.24) is 19.3 Å². The molecule has 2 unspecified atom stereocenters. The number of anilines is 1. The van der Waals surface area contributed by atoms with Gasteiger partial charge >= 0.3 is 0 Å². The molecule has 2 amide bonds. The van der Waals surface area contributed by atoms with Crippen molar-refractivity contribution in [2.75, 3.05) is 29.7 Å². The lowest BCUT2D eigenvalue weighted by atomic mass is 9.94. The van der Waals surface area contributed by atoms with Crippen molar-refractivity contribution >= 4 is 23.2 Å². The predicted molar refractivity (Wildman–Crippen MR) is 257 cm³/mol. The molecule has 16 nitrogen and oxygen atoms in total. The van der Waals surface area contributed by atoms with E-state index >= 15 is 0 Å². The van der Waals surface area contributed by atoms with Gasteiger partial charge in [-0.2, -0.15) is 0 Å². The number of nitrogens with one attached hydrogen (secondary N) is 2. The number of nitrogens with two attached hydrogens (primary N) is 3. The first-order valence-corrected chi connectivity index (χ1v) is 21.2. The van der Waals surface area contributed by atoms with E-state index in [0.29, 0.717) is 53.2 Å². The van der Waals surface area contributed by atoms with Crippen LogP contribution in [0.5, 0.6) is 23.0 Å². The standard InChI is InChI=1S/C25H21N5O4.C25H23N5O2.CH4/c26-24(31)23-22(17-8-12-20(13-9-17)34-19-4-2-1-3-5-19)28-25-21(14-15-27-29(23)25)16-6-10-18(11-7-16)30(32)33;26-18-10-6-16(7-11-18)21-14-15-28-30-23(24(27)31)22(29-25(21)30)17-8-12-20(13-9-17)32-19-4-2-1-3-5-19;/h1-13,21,27H,14-15H2,(H2,26,31);1-13,21,28H,14-15,26H2,(H2,27,31);1H4. The number of carbonyl (C=O) groups is 2. The molecule has 6 aromatic carbocycles. The van der Waals surface area contributed by atoms with E-state index in [9.17, 15) is 19.7 Å². The number of hydrogen-bond donors (Lipinski definition) is 5. The molecule has 0 saturated carbocycles. The number of nitrogen functional groups attached to an aromatic ring is 1. The Morgan fingerprint density at radius 1 is 0.567 bits per heavy atom. The topological polar surface area (TPSA) is 233 Å². The van der Waals surface area contributed by atoms with Crippen LogP contribution in [-0.4, -0.2) is 49.1 Å². The highest BCUT2D eigenvalue weighted by Gasteiger charge is 2.32. The third-order valence-electron chi connectivity index (χ3n) is 11.4. The fourth-order valence-electron chi connectivity index (χ4n) is 8.22. The quantitative estimate of drug-likeness (QED) is 0.0466. The van der Waals surface area contributed by atoms with Gasteiger partial charge in [-0.15, -0.1) is 0 Å². The molecule has 10 rings (SSSR count). The highest BCUT2D eigenvalue weighted by atomic mass is 16.6. The summed E-state index contributed by atoms with van der Waals surface area (Å²) < 4.78 is 15.1. The number of primary amides is 2. The van der Waals surface area contributed by atoms with Crippen molar-refractivity contribution < 1.29 is 24.0 Å². The summed E-state index contributed by atoms with van der Waals surface area (Å²) in [5.74, 6) is 2.97. The summed E-state index contributed by atoms with van der Waals surface area (Å²) in [7, 11) is 0. The summed E-state index contributed by atoms with van der Waals surface area (Å²) in [6.07, 6.45) is 1.57. The van der Waals surface area contributed by atoms with Gasteiger partial charge in [0.2, 0.25) is 0 Å². The van der Waals surface area contributed by atoms with Gasteiger partial charge in [-0.25, -0.2) is 19.3 Å². The SMILES string of the molecule is C.NC(=O)c1c(-c2ccc(Oc3ccccc3)cc2)nc2n1NCCC2c1ccc(N)cc1.NC(=O)c1c(-c2ccc(Oc3ccccc3)cc2)nc2n1NCCC2c1ccc([N+](=O)[O-])cc1. The zero-order valence-corrected chi connectivity index (χ0v) is 35.4. The first-order chi connectivity index (χ1) is 32.1. The molecule has 338 valence electrons. The van der Waals surface area contributed by atoms with Crippen molar-refractivity contribution in [2.45, 2.75) is 32.1 Å². The minimum absolute atomic E-state index is 0. The lowest BCUT2D eigenvalue weighted by Gasteiger charge is -2.26. The number of imidazole rings is 2. The van der Waals surface area contributed by atoms with Gasteiger partial charge < -0.3 is 37.5 Å². The second-order valence-corrected chi connectivity index (χ2v) is 15.6. The number of fused-ring (bicyclic) bond motifs is 2. The van der Waals surface area contributed by atoms with Gasteiger partial charge in [-0.1, -0.05) is 68.1 Å². The first kappa shape index (κ1) is 44.7. The Hall–Kier alpha value is -8.92. The van der Waals surface area contributed by atoms with Gasteiger partial charge in [0.05, 0.1) is 4.92 Å². The molecule has 0 saturated heterocycles. The Bertz CT molecular complexity index is 3010. The van der Waals surface area contributed by atoms with Gasteiger partial charge in [-0.05, 0) is 109 Å². The number of rotatable bonds is 11. The van der Waals surface area contributed by atoms with Crippen molar-refractivity contribution in [3.63, 3.8) is 0 Å². The van der Waals surface area contributed by atoms with Crippen LogP contribution in [0.3, 0.4) is 0 Å². The van der Waals surface area contributed by atoms with Crippen LogP contribution in [0.2, 0.25) is 0 Å². The molecule has 2 aliphatic rings. The van der Waals surface area contributed by atoms with E-state index in [1.807, 2.05) is 133 Å². The van der Waals surface area contributed by atoms with E-state index in [1.165, 1.54) is 12.1 Å². The fraction of sp³-hybridized carbons (Fsp3) is 0.137. The Morgan fingerprint density at radius 2 is 0.940 bits per heavy atom. The molecule has 2 aromatic heterocycles. The van der Waals surface area contributed by atoms with E-state index in [0.717, 1.165) is 52.4 Å².